The fourth-order valence-corrected chi connectivity index (χ4v) is 4.84. The number of hydrogen-bond donors (Lipinski definition) is 3. The highest BCUT2D eigenvalue weighted by atomic mass is 35.5. The summed E-state index contributed by atoms with van der Waals surface area (Å²) in [6.45, 7) is 0. The van der Waals surface area contributed by atoms with Crippen LogP contribution in [0.2, 0.25) is 5.02 Å². The van der Waals surface area contributed by atoms with Crippen LogP contribution in [0, 0.1) is 5.82 Å². The summed E-state index contributed by atoms with van der Waals surface area (Å²) in [6.07, 6.45) is -1.68. The zero-order valence-corrected chi connectivity index (χ0v) is 17.0. The third-order valence-electron chi connectivity index (χ3n) is 3.72. The second-order valence-corrected chi connectivity index (χ2v) is 8.79. The molecule has 0 aliphatic heterocycles. The number of carbonyl (C=O) groups is 2. The molecule has 0 atom stereocenters. The highest BCUT2D eigenvalue weighted by molar-refractivity contribution is 7.92. The zero-order chi connectivity index (χ0) is 22.1. The number of nitrogens with one attached hydrogen (secondary N) is 1. The van der Waals surface area contributed by atoms with Crippen LogP contribution in [-0.4, -0.2) is 30.8 Å². The predicted molar refractivity (Wildman–Crippen MR) is 108 cm³/mol. The van der Waals surface area contributed by atoms with Crippen LogP contribution < -0.4 is 9.46 Å². The summed E-state index contributed by atoms with van der Waals surface area (Å²) in [7, 11) is -4.66. The number of thiophene rings is 1. The fourth-order valence-electron chi connectivity index (χ4n) is 2.44. The maximum Gasteiger partial charge on any atom is 0.512 e. The molecule has 0 spiro atoms. The lowest BCUT2D eigenvalue weighted by atomic mass is 10.2. The number of rotatable bonds is 6. The average molecular weight is 472 g/mol. The number of halogens is 2. The lowest BCUT2D eigenvalue weighted by Gasteiger charge is -2.10. The van der Waals surface area contributed by atoms with Gasteiger partial charge in [-0.15, -0.1) is 0 Å². The molecular weight excluding hydrogens is 461 g/mol. The van der Waals surface area contributed by atoms with Crippen LogP contribution in [-0.2, 0) is 10.0 Å². The summed E-state index contributed by atoms with van der Waals surface area (Å²) in [5.74, 6) is -2.83. The van der Waals surface area contributed by atoms with Crippen LogP contribution in [0.15, 0.2) is 53.4 Å². The summed E-state index contributed by atoms with van der Waals surface area (Å²) in [6, 6.07) is 11.1. The van der Waals surface area contributed by atoms with E-state index in [0.717, 1.165) is 11.3 Å². The van der Waals surface area contributed by atoms with Crippen LogP contribution in [0.5, 0.6) is 5.06 Å². The maximum atomic E-state index is 14.3. The SMILES string of the molecule is O=C(O)Oc1sc(-c2ccccc2)cc1NS(=O)(=O)c1cc(C(=O)O)c(Cl)cc1F. The lowest BCUT2D eigenvalue weighted by molar-refractivity contribution is 0.0696. The average Bonchev–Trinajstić information content (AvgIpc) is 3.03. The highest BCUT2D eigenvalue weighted by Crippen LogP contribution is 2.42. The molecule has 3 N–H and O–H groups in total. The van der Waals surface area contributed by atoms with Crippen molar-refractivity contribution in [2.75, 3.05) is 4.72 Å². The van der Waals surface area contributed by atoms with Crippen molar-refractivity contribution in [3.63, 3.8) is 0 Å². The first-order valence-electron chi connectivity index (χ1n) is 7.93. The van der Waals surface area contributed by atoms with E-state index in [9.17, 15) is 22.4 Å². The van der Waals surface area contributed by atoms with Crippen molar-refractivity contribution in [1.82, 2.24) is 0 Å². The molecule has 156 valence electrons. The molecule has 1 heterocycles. The minimum absolute atomic E-state index is 0.257. The first-order valence-corrected chi connectivity index (χ1v) is 10.6. The third kappa shape index (κ3) is 4.53. The Kier molecular flexibility index (Phi) is 5.97. The van der Waals surface area contributed by atoms with E-state index in [1.54, 1.807) is 30.3 Å². The summed E-state index contributed by atoms with van der Waals surface area (Å²) < 4.78 is 46.4. The first kappa shape index (κ1) is 21.6. The van der Waals surface area contributed by atoms with Crippen molar-refractivity contribution in [2.24, 2.45) is 0 Å². The standard InChI is InChI=1S/C18H11ClFNO7S2/c19-11-7-12(20)15(6-10(11)16(22)23)30(26,27)21-13-8-14(9-4-2-1-3-5-9)29-17(13)28-18(24)25/h1-8,21H,(H,22,23)(H,24,25). The molecule has 0 amide bonds. The Morgan fingerprint density at radius 3 is 2.37 bits per heavy atom. The molecule has 0 aliphatic rings. The molecule has 12 heteroatoms. The second-order valence-electron chi connectivity index (χ2n) is 5.72. The minimum Gasteiger partial charge on any atom is -0.478 e. The predicted octanol–water partition coefficient (Wildman–Crippen LogP) is 4.76. The normalized spacial score (nSPS) is 11.1. The number of carboxylic acids is 1. The van der Waals surface area contributed by atoms with Crippen molar-refractivity contribution in [1.29, 1.82) is 0 Å². The largest absolute Gasteiger partial charge is 0.512 e. The summed E-state index contributed by atoms with van der Waals surface area (Å²) >= 11 is 6.49. The van der Waals surface area contributed by atoms with Crippen molar-refractivity contribution in [3.8, 4) is 15.5 Å². The summed E-state index contributed by atoms with van der Waals surface area (Å²) in [4.78, 5) is 21.7. The molecule has 3 aromatic rings. The molecule has 2 aromatic carbocycles. The van der Waals surface area contributed by atoms with E-state index in [1.807, 2.05) is 4.72 Å². The Hall–Kier alpha value is -3.15. The lowest BCUT2D eigenvalue weighted by Crippen LogP contribution is -2.16. The topological polar surface area (TPSA) is 130 Å². The van der Waals surface area contributed by atoms with Gasteiger partial charge in [-0.25, -0.2) is 22.4 Å². The van der Waals surface area contributed by atoms with Gasteiger partial charge in [-0.3, -0.25) is 4.72 Å². The number of benzene rings is 2. The smallest absolute Gasteiger partial charge is 0.478 e. The summed E-state index contributed by atoms with van der Waals surface area (Å²) in [5, 5.41) is 17.3. The zero-order valence-electron chi connectivity index (χ0n) is 14.6. The van der Waals surface area contributed by atoms with E-state index in [4.69, 9.17) is 21.8 Å². The fraction of sp³-hybridized carbons (Fsp3) is 0. The van der Waals surface area contributed by atoms with Crippen molar-refractivity contribution >= 4 is 50.8 Å². The number of aromatic carboxylic acids is 1. The molecular formula is C18H11ClFNO7S2. The van der Waals surface area contributed by atoms with E-state index >= 15 is 0 Å². The van der Waals surface area contributed by atoms with Gasteiger partial charge >= 0.3 is 12.1 Å². The van der Waals surface area contributed by atoms with Gasteiger partial charge in [0.2, 0.25) is 5.06 Å². The van der Waals surface area contributed by atoms with Gasteiger partial charge in [0.05, 0.1) is 10.6 Å². The van der Waals surface area contributed by atoms with E-state index in [1.165, 1.54) is 6.07 Å². The van der Waals surface area contributed by atoms with Gasteiger partial charge in [-0.1, -0.05) is 53.3 Å². The second kappa shape index (κ2) is 8.30. The van der Waals surface area contributed by atoms with Crippen molar-refractivity contribution < 1.29 is 37.3 Å². The molecule has 8 nitrogen and oxygen atoms in total. The van der Waals surface area contributed by atoms with Gasteiger partial charge in [0.25, 0.3) is 10.0 Å². The van der Waals surface area contributed by atoms with E-state index in [0.29, 0.717) is 22.6 Å². The Morgan fingerprint density at radius 2 is 1.77 bits per heavy atom. The molecule has 0 fully saturated rings. The maximum absolute atomic E-state index is 14.3. The van der Waals surface area contributed by atoms with E-state index < -0.39 is 43.4 Å². The van der Waals surface area contributed by atoms with Gasteiger partial charge in [0.1, 0.15) is 16.4 Å². The first-order chi connectivity index (χ1) is 14.1. The van der Waals surface area contributed by atoms with Gasteiger partial charge < -0.3 is 14.9 Å². The Labute approximate surface area is 178 Å². The van der Waals surface area contributed by atoms with Gasteiger partial charge in [0, 0.05) is 4.88 Å². The molecule has 30 heavy (non-hydrogen) atoms. The molecule has 0 saturated carbocycles. The third-order valence-corrected chi connectivity index (χ3v) is 6.48. The molecule has 0 aliphatic carbocycles. The van der Waals surface area contributed by atoms with Gasteiger partial charge in [0.15, 0.2) is 0 Å². The number of hydrogen-bond acceptors (Lipinski definition) is 6. The highest BCUT2D eigenvalue weighted by Gasteiger charge is 2.26. The number of ether oxygens (including phenoxy) is 1. The van der Waals surface area contributed by atoms with Crippen LogP contribution in [0.4, 0.5) is 14.9 Å². The van der Waals surface area contributed by atoms with E-state index in [2.05, 4.69) is 4.74 Å². The minimum atomic E-state index is -4.66. The quantitative estimate of drug-likeness (QED) is 0.441. The summed E-state index contributed by atoms with van der Waals surface area (Å²) in [5.41, 5.74) is -0.211. The molecule has 0 saturated heterocycles. The molecule has 0 unspecified atom stereocenters. The van der Waals surface area contributed by atoms with E-state index in [-0.39, 0.29) is 10.8 Å². The molecule has 0 radical (unpaired) electrons. The van der Waals surface area contributed by atoms with Gasteiger partial charge in [-0.05, 0) is 23.8 Å². The number of carboxylic acid groups (broad SMARTS) is 2. The Morgan fingerprint density at radius 1 is 1.10 bits per heavy atom. The monoisotopic (exact) mass is 471 g/mol. The van der Waals surface area contributed by atoms with Crippen LogP contribution >= 0.6 is 22.9 Å². The number of anilines is 1. The Bertz CT molecular complexity index is 1240. The molecule has 1 aromatic heterocycles. The Balaban J connectivity index is 2.06. The van der Waals surface area contributed by atoms with Crippen LogP contribution in [0.3, 0.4) is 0 Å². The van der Waals surface area contributed by atoms with Crippen LogP contribution in [0.25, 0.3) is 10.4 Å². The van der Waals surface area contributed by atoms with Crippen molar-refractivity contribution in [2.45, 2.75) is 4.90 Å². The molecule has 3 rings (SSSR count). The van der Waals surface area contributed by atoms with Gasteiger partial charge in [-0.2, -0.15) is 0 Å². The number of sulfonamides is 1. The van der Waals surface area contributed by atoms with Crippen LogP contribution in [0.1, 0.15) is 10.4 Å². The van der Waals surface area contributed by atoms with Crippen molar-refractivity contribution in [3.05, 3.63) is 64.9 Å². The molecule has 0 bridgehead atoms.